The van der Waals surface area contributed by atoms with E-state index in [1.807, 2.05) is 12.1 Å². The quantitative estimate of drug-likeness (QED) is 0.879. The Balaban J connectivity index is 1.73. The number of rotatable bonds is 5. The fraction of sp³-hybridized carbons (Fsp3) is 0.714. The number of nitrogens with zero attached hydrogens (tertiary/aromatic N) is 1. The van der Waals surface area contributed by atoms with E-state index in [-0.39, 0.29) is 17.5 Å². The van der Waals surface area contributed by atoms with Gasteiger partial charge in [-0.1, -0.05) is 6.42 Å². The molecular formula is C14H21NO4S. The van der Waals surface area contributed by atoms with Crippen LogP contribution in [-0.2, 0) is 16.4 Å². The van der Waals surface area contributed by atoms with Gasteiger partial charge < -0.3 is 9.52 Å². The van der Waals surface area contributed by atoms with Crippen LogP contribution in [0.25, 0.3) is 0 Å². The van der Waals surface area contributed by atoms with E-state index in [9.17, 15) is 13.5 Å². The summed E-state index contributed by atoms with van der Waals surface area (Å²) in [6.07, 6.45) is 4.49. The third kappa shape index (κ3) is 3.07. The third-order valence-electron chi connectivity index (χ3n) is 4.42. The molecule has 1 aliphatic carbocycles. The van der Waals surface area contributed by atoms with Crippen LogP contribution >= 0.6 is 0 Å². The minimum absolute atomic E-state index is 0.0571. The maximum absolute atomic E-state index is 11.7. The predicted octanol–water partition coefficient (Wildman–Crippen LogP) is 1.04. The molecule has 0 amide bonds. The molecule has 1 saturated carbocycles. The topological polar surface area (TPSA) is 70.8 Å². The fourth-order valence-corrected chi connectivity index (χ4v) is 4.92. The Kier molecular flexibility index (Phi) is 3.88. The van der Waals surface area contributed by atoms with Gasteiger partial charge in [0, 0.05) is 6.54 Å². The first kappa shape index (κ1) is 14.1. The second-order valence-corrected chi connectivity index (χ2v) is 8.17. The molecular weight excluding hydrogens is 278 g/mol. The van der Waals surface area contributed by atoms with E-state index >= 15 is 0 Å². The molecule has 2 aliphatic rings. The first-order valence-electron chi connectivity index (χ1n) is 7.18. The van der Waals surface area contributed by atoms with Crippen LogP contribution in [0.4, 0.5) is 0 Å². The van der Waals surface area contributed by atoms with Crippen LogP contribution in [0.2, 0.25) is 0 Å². The second-order valence-electron chi connectivity index (χ2n) is 6.02. The highest BCUT2D eigenvalue weighted by atomic mass is 32.2. The number of hydrogen-bond acceptors (Lipinski definition) is 5. The van der Waals surface area contributed by atoms with Crippen molar-refractivity contribution in [2.45, 2.75) is 38.0 Å². The van der Waals surface area contributed by atoms with Crippen LogP contribution in [0.3, 0.4) is 0 Å². The first-order chi connectivity index (χ1) is 9.53. The van der Waals surface area contributed by atoms with Gasteiger partial charge >= 0.3 is 0 Å². The zero-order chi connectivity index (χ0) is 14.2. The normalized spacial score (nSPS) is 29.7. The van der Waals surface area contributed by atoms with E-state index in [0.29, 0.717) is 12.5 Å². The minimum atomic E-state index is -3.12. The molecule has 5 nitrogen and oxygen atoms in total. The molecule has 20 heavy (non-hydrogen) atoms. The van der Waals surface area contributed by atoms with Crippen LogP contribution in [0, 0.1) is 5.92 Å². The monoisotopic (exact) mass is 299 g/mol. The highest BCUT2D eigenvalue weighted by Gasteiger charge is 2.41. The Morgan fingerprint density at radius 2 is 2.15 bits per heavy atom. The standard InChI is InChI=1S/C14H21NO4S/c16-14-10-20(17,18)9-13(14)15(7-11-3-1-4-11)8-12-5-2-6-19-12/h2,5-6,11,13-14,16H,1,3-4,7-10H2. The second kappa shape index (κ2) is 5.50. The molecule has 1 aromatic heterocycles. The van der Waals surface area contributed by atoms with Crippen LogP contribution in [0.1, 0.15) is 25.0 Å². The van der Waals surface area contributed by atoms with Crippen molar-refractivity contribution >= 4 is 9.84 Å². The highest BCUT2D eigenvalue weighted by Crippen LogP contribution is 2.30. The number of sulfone groups is 1. The lowest BCUT2D eigenvalue weighted by atomic mass is 9.84. The molecule has 2 fully saturated rings. The lowest BCUT2D eigenvalue weighted by Crippen LogP contribution is -2.45. The first-order valence-corrected chi connectivity index (χ1v) is 9.00. The Hall–Kier alpha value is -0.850. The number of hydrogen-bond donors (Lipinski definition) is 1. The van der Waals surface area contributed by atoms with Crippen molar-refractivity contribution in [3.05, 3.63) is 24.2 Å². The van der Waals surface area contributed by atoms with Crippen LogP contribution in [0.15, 0.2) is 22.8 Å². The predicted molar refractivity (Wildman–Crippen MR) is 74.9 cm³/mol. The van der Waals surface area contributed by atoms with Crippen LogP contribution < -0.4 is 0 Å². The summed E-state index contributed by atoms with van der Waals surface area (Å²) in [6, 6.07) is 3.42. The fourth-order valence-electron chi connectivity index (χ4n) is 3.09. The van der Waals surface area contributed by atoms with Gasteiger partial charge in [-0.3, -0.25) is 4.90 Å². The number of aliphatic hydroxyl groups excluding tert-OH is 1. The van der Waals surface area contributed by atoms with E-state index in [4.69, 9.17) is 4.42 Å². The molecule has 6 heteroatoms. The molecule has 2 heterocycles. The Morgan fingerprint density at radius 3 is 2.65 bits per heavy atom. The summed E-state index contributed by atoms with van der Waals surface area (Å²) in [4.78, 5) is 2.10. The van der Waals surface area contributed by atoms with E-state index < -0.39 is 15.9 Å². The summed E-state index contributed by atoms with van der Waals surface area (Å²) < 4.78 is 28.8. The molecule has 0 bridgehead atoms. The smallest absolute Gasteiger partial charge is 0.154 e. The molecule has 1 aromatic rings. The van der Waals surface area contributed by atoms with E-state index in [0.717, 1.165) is 12.3 Å². The molecule has 2 unspecified atom stereocenters. The SMILES string of the molecule is O=S1(=O)CC(O)C(N(Cc2ccco2)CC2CCC2)C1. The summed E-state index contributed by atoms with van der Waals surface area (Å²) >= 11 is 0. The van der Waals surface area contributed by atoms with Crippen molar-refractivity contribution in [3.8, 4) is 0 Å². The van der Waals surface area contributed by atoms with Gasteiger partial charge in [0.15, 0.2) is 9.84 Å². The van der Waals surface area contributed by atoms with E-state index in [1.54, 1.807) is 6.26 Å². The molecule has 1 N–H and O–H groups in total. The summed E-state index contributed by atoms with van der Waals surface area (Å²) in [5.74, 6) is 1.39. The maximum Gasteiger partial charge on any atom is 0.154 e. The van der Waals surface area contributed by atoms with Gasteiger partial charge in [0.25, 0.3) is 0 Å². The Morgan fingerprint density at radius 1 is 1.35 bits per heavy atom. The summed E-state index contributed by atoms with van der Waals surface area (Å²) in [5, 5.41) is 10.1. The third-order valence-corrected chi connectivity index (χ3v) is 6.12. The Labute approximate surface area is 119 Å². The minimum Gasteiger partial charge on any atom is -0.468 e. The van der Waals surface area contributed by atoms with Crippen LogP contribution in [0.5, 0.6) is 0 Å². The molecule has 1 aliphatic heterocycles. The van der Waals surface area contributed by atoms with Gasteiger partial charge in [0.2, 0.25) is 0 Å². The van der Waals surface area contributed by atoms with Crippen molar-refractivity contribution in [2.24, 2.45) is 5.92 Å². The van der Waals surface area contributed by atoms with Gasteiger partial charge in [-0.15, -0.1) is 0 Å². The zero-order valence-electron chi connectivity index (χ0n) is 11.4. The molecule has 0 radical (unpaired) electrons. The van der Waals surface area contributed by atoms with Crippen LogP contribution in [-0.4, -0.2) is 48.6 Å². The molecule has 112 valence electrons. The molecule has 2 atom stereocenters. The van der Waals surface area contributed by atoms with Crippen molar-refractivity contribution in [1.82, 2.24) is 4.90 Å². The summed E-state index contributed by atoms with van der Waals surface area (Å²) in [6.45, 7) is 1.42. The van der Waals surface area contributed by atoms with Crippen molar-refractivity contribution < 1.29 is 17.9 Å². The van der Waals surface area contributed by atoms with Crippen molar-refractivity contribution in [3.63, 3.8) is 0 Å². The largest absolute Gasteiger partial charge is 0.468 e. The summed E-state index contributed by atoms with van der Waals surface area (Å²) in [7, 11) is -3.12. The molecule has 0 spiro atoms. The number of furan rings is 1. The van der Waals surface area contributed by atoms with E-state index in [1.165, 1.54) is 19.3 Å². The van der Waals surface area contributed by atoms with Crippen molar-refractivity contribution in [1.29, 1.82) is 0 Å². The lowest BCUT2D eigenvalue weighted by molar-refractivity contribution is 0.0515. The average Bonchev–Trinajstić information content (AvgIpc) is 2.89. The number of aliphatic hydroxyl groups is 1. The van der Waals surface area contributed by atoms with E-state index in [2.05, 4.69) is 4.90 Å². The highest BCUT2D eigenvalue weighted by molar-refractivity contribution is 7.91. The van der Waals surface area contributed by atoms with Gasteiger partial charge in [-0.2, -0.15) is 0 Å². The van der Waals surface area contributed by atoms with Gasteiger partial charge in [-0.25, -0.2) is 8.42 Å². The van der Waals surface area contributed by atoms with Gasteiger partial charge in [0.05, 0.1) is 36.5 Å². The average molecular weight is 299 g/mol. The zero-order valence-corrected chi connectivity index (χ0v) is 12.3. The van der Waals surface area contributed by atoms with Crippen molar-refractivity contribution in [2.75, 3.05) is 18.1 Å². The Bertz CT molecular complexity index is 536. The molecule has 1 saturated heterocycles. The molecule has 0 aromatic carbocycles. The van der Waals surface area contributed by atoms with Gasteiger partial charge in [0.1, 0.15) is 5.76 Å². The molecule has 3 rings (SSSR count). The van der Waals surface area contributed by atoms with Gasteiger partial charge in [-0.05, 0) is 30.9 Å². The lowest BCUT2D eigenvalue weighted by Gasteiger charge is -2.36. The maximum atomic E-state index is 11.7. The summed E-state index contributed by atoms with van der Waals surface area (Å²) in [5.41, 5.74) is 0.